The van der Waals surface area contributed by atoms with Gasteiger partial charge in [0, 0.05) is 62.1 Å². The number of halogens is 1. The van der Waals surface area contributed by atoms with Gasteiger partial charge in [-0.3, -0.25) is 14.4 Å². The van der Waals surface area contributed by atoms with E-state index in [0.29, 0.717) is 23.9 Å². The monoisotopic (exact) mass is 454 g/mol. The minimum absolute atomic E-state index is 0.00848. The second kappa shape index (κ2) is 9.62. The van der Waals surface area contributed by atoms with E-state index in [1.165, 1.54) is 10.4 Å². The van der Waals surface area contributed by atoms with E-state index in [1.54, 1.807) is 13.0 Å². The number of tetrazole rings is 1. The highest BCUT2D eigenvalue weighted by atomic mass is 35.5. The van der Waals surface area contributed by atoms with Gasteiger partial charge in [-0.05, 0) is 48.4 Å². The summed E-state index contributed by atoms with van der Waals surface area (Å²) in [6.45, 7) is 7.52. The van der Waals surface area contributed by atoms with Gasteiger partial charge in [-0.25, -0.2) is 0 Å². The zero-order chi connectivity index (χ0) is 22.7. The molecule has 3 aromatic rings. The quantitative estimate of drug-likeness (QED) is 0.531. The van der Waals surface area contributed by atoms with Gasteiger partial charge in [0.1, 0.15) is 0 Å². The molecule has 0 spiro atoms. The molecular formula is C22H27ClN8O. The predicted molar refractivity (Wildman–Crippen MR) is 122 cm³/mol. The molecule has 0 N–H and O–H groups in total. The van der Waals surface area contributed by atoms with Gasteiger partial charge in [-0.15, -0.1) is 10.2 Å². The molecule has 4 rings (SSSR count). The van der Waals surface area contributed by atoms with Crippen LogP contribution in [0.1, 0.15) is 29.4 Å². The summed E-state index contributed by atoms with van der Waals surface area (Å²) < 4.78 is 1.81. The van der Waals surface area contributed by atoms with Crippen LogP contribution in [0.5, 0.6) is 0 Å². The van der Waals surface area contributed by atoms with Crippen molar-refractivity contribution in [1.29, 1.82) is 0 Å². The van der Waals surface area contributed by atoms with E-state index in [2.05, 4.69) is 32.3 Å². The molecule has 1 aromatic carbocycles. The average Bonchev–Trinajstić information content (AvgIpc) is 3.34. The minimum Gasteiger partial charge on any atom is -0.334 e. The van der Waals surface area contributed by atoms with E-state index in [0.717, 1.165) is 30.8 Å². The summed E-state index contributed by atoms with van der Waals surface area (Å²) in [5.74, 6) is 0.616. The van der Waals surface area contributed by atoms with Gasteiger partial charge in [0.05, 0.1) is 12.7 Å². The van der Waals surface area contributed by atoms with Crippen LogP contribution in [0, 0.1) is 6.92 Å². The van der Waals surface area contributed by atoms with Crippen LogP contribution in [0.3, 0.4) is 0 Å². The first-order valence-corrected chi connectivity index (χ1v) is 11.0. The number of piperazine rings is 1. The fourth-order valence-electron chi connectivity index (χ4n) is 3.99. The van der Waals surface area contributed by atoms with Crippen molar-refractivity contribution in [1.82, 2.24) is 39.8 Å². The Morgan fingerprint density at radius 2 is 2.12 bits per heavy atom. The second-order valence-corrected chi connectivity index (χ2v) is 8.62. The van der Waals surface area contributed by atoms with Crippen LogP contribution in [-0.2, 0) is 24.9 Å². The molecule has 32 heavy (non-hydrogen) atoms. The van der Waals surface area contributed by atoms with Crippen LogP contribution < -0.4 is 0 Å². The van der Waals surface area contributed by atoms with Crippen molar-refractivity contribution in [3.8, 4) is 0 Å². The average molecular weight is 455 g/mol. The maximum absolute atomic E-state index is 12.9. The number of aryl methyl sites for hydroxylation is 2. The van der Waals surface area contributed by atoms with Crippen molar-refractivity contribution in [3.05, 3.63) is 64.2 Å². The summed E-state index contributed by atoms with van der Waals surface area (Å²) in [4.78, 5) is 18.7. The smallest absolute Gasteiger partial charge is 0.246 e. The normalized spacial score (nSPS) is 17.4. The molecule has 10 heteroatoms. The molecule has 168 valence electrons. The van der Waals surface area contributed by atoms with Gasteiger partial charge in [-0.1, -0.05) is 17.7 Å². The van der Waals surface area contributed by atoms with E-state index in [1.807, 2.05) is 53.3 Å². The number of carbonyl (C=O) groups excluding carboxylic acids is 1. The summed E-state index contributed by atoms with van der Waals surface area (Å²) in [5, 5.41) is 17.0. The highest BCUT2D eigenvalue weighted by Crippen LogP contribution is 2.19. The van der Waals surface area contributed by atoms with Crippen LogP contribution in [0.4, 0.5) is 0 Å². The maximum atomic E-state index is 12.9. The Balaban J connectivity index is 1.40. The molecule has 0 radical (unpaired) electrons. The fourth-order valence-corrected chi connectivity index (χ4v) is 4.18. The molecule has 0 saturated carbocycles. The van der Waals surface area contributed by atoms with Crippen LogP contribution >= 0.6 is 11.6 Å². The number of hydrogen-bond acceptors (Lipinski definition) is 6. The zero-order valence-electron chi connectivity index (χ0n) is 18.5. The second-order valence-electron chi connectivity index (χ2n) is 8.18. The lowest BCUT2D eigenvalue weighted by atomic mass is 10.1. The Labute approximate surface area is 192 Å². The molecule has 1 saturated heterocycles. The zero-order valence-corrected chi connectivity index (χ0v) is 19.3. The lowest BCUT2D eigenvalue weighted by molar-refractivity contribution is -0.130. The third-order valence-electron chi connectivity index (χ3n) is 5.53. The Morgan fingerprint density at radius 3 is 2.81 bits per heavy atom. The highest BCUT2D eigenvalue weighted by Gasteiger charge is 2.26. The highest BCUT2D eigenvalue weighted by molar-refractivity contribution is 6.30. The van der Waals surface area contributed by atoms with Crippen molar-refractivity contribution in [2.75, 3.05) is 19.6 Å². The van der Waals surface area contributed by atoms with Gasteiger partial charge in [-0.2, -0.15) is 9.90 Å². The van der Waals surface area contributed by atoms with Crippen LogP contribution in [-0.4, -0.2) is 71.4 Å². The number of nitrogens with zero attached hydrogens (tertiary/aromatic N) is 8. The topological polar surface area (TPSA) is 85.0 Å². The molecule has 0 aliphatic carbocycles. The first kappa shape index (κ1) is 22.2. The number of rotatable bonds is 6. The standard InChI is InChI=1S/C22H27ClN8O/c1-16-12-29(14-18-11-24-28(3)13-18)8-9-30(16)22(32)7-5-19-4-6-21(23)10-20(19)15-31-26-17(2)25-27-31/h4-7,10-11,13,16H,8-9,12,14-15H2,1-3H3/b7-5+. The summed E-state index contributed by atoms with van der Waals surface area (Å²) in [6, 6.07) is 5.71. The third-order valence-corrected chi connectivity index (χ3v) is 5.77. The SMILES string of the molecule is Cc1nnn(Cc2cc(Cl)ccc2/C=C/C(=O)N2CCN(Cc3cnn(C)c3)CC2C)n1. The van der Waals surface area contributed by atoms with E-state index in [9.17, 15) is 4.79 Å². The predicted octanol–water partition coefficient (Wildman–Crippen LogP) is 2.16. The first-order valence-electron chi connectivity index (χ1n) is 10.6. The lowest BCUT2D eigenvalue weighted by Crippen LogP contribution is -2.53. The Morgan fingerprint density at radius 1 is 1.28 bits per heavy atom. The molecule has 1 amide bonds. The summed E-state index contributed by atoms with van der Waals surface area (Å²) in [5.41, 5.74) is 3.01. The number of benzene rings is 1. The van der Waals surface area contributed by atoms with Gasteiger partial charge < -0.3 is 4.90 Å². The van der Waals surface area contributed by atoms with Gasteiger partial charge >= 0.3 is 0 Å². The van der Waals surface area contributed by atoms with Crippen molar-refractivity contribution >= 4 is 23.6 Å². The number of hydrogen-bond donors (Lipinski definition) is 0. The van der Waals surface area contributed by atoms with Crippen molar-refractivity contribution < 1.29 is 4.79 Å². The molecule has 2 aromatic heterocycles. The van der Waals surface area contributed by atoms with E-state index < -0.39 is 0 Å². The van der Waals surface area contributed by atoms with Crippen molar-refractivity contribution in [2.45, 2.75) is 33.0 Å². The number of amides is 1. The molecule has 0 bridgehead atoms. The molecule has 1 aliphatic rings. The molecule has 1 aliphatic heterocycles. The van der Waals surface area contributed by atoms with Gasteiger partial charge in [0.15, 0.2) is 5.82 Å². The largest absolute Gasteiger partial charge is 0.334 e. The minimum atomic E-state index is 0.00848. The first-order chi connectivity index (χ1) is 15.4. The Hall–Kier alpha value is -3.04. The molecule has 1 fully saturated rings. The van der Waals surface area contributed by atoms with Crippen molar-refractivity contribution in [2.24, 2.45) is 7.05 Å². The number of carbonyl (C=O) groups is 1. The summed E-state index contributed by atoms with van der Waals surface area (Å²) in [7, 11) is 1.92. The lowest BCUT2D eigenvalue weighted by Gasteiger charge is -2.39. The van der Waals surface area contributed by atoms with Crippen LogP contribution in [0.15, 0.2) is 36.7 Å². The van der Waals surface area contributed by atoms with E-state index in [-0.39, 0.29) is 11.9 Å². The van der Waals surface area contributed by atoms with Crippen LogP contribution in [0.25, 0.3) is 6.08 Å². The summed E-state index contributed by atoms with van der Waals surface area (Å²) in [6.07, 6.45) is 7.40. The Kier molecular flexibility index (Phi) is 6.66. The third kappa shape index (κ3) is 5.41. The molecule has 3 heterocycles. The molecular weight excluding hydrogens is 428 g/mol. The maximum Gasteiger partial charge on any atom is 0.246 e. The van der Waals surface area contributed by atoms with Gasteiger partial charge in [0.25, 0.3) is 0 Å². The molecule has 1 atom stereocenters. The fraction of sp³-hybridized carbons (Fsp3) is 0.409. The number of aromatic nitrogens is 6. The van der Waals surface area contributed by atoms with Crippen molar-refractivity contribution in [3.63, 3.8) is 0 Å². The molecule has 1 unspecified atom stereocenters. The van der Waals surface area contributed by atoms with Crippen LogP contribution in [0.2, 0.25) is 5.02 Å². The molecule has 9 nitrogen and oxygen atoms in total. The Bertz CT molecular complexity index is 1120. The van der Waals surface area contributed by atoms with E-state index in [4.69, 9.17) is 11.6 Å². The summed E-state index contributed by atoms with van der Waals surface area (Å²) >= 11 is 6.19. The van der Waals surface area contributed by atoms with E-state index >= 15 is 0 Å². The van der Waals surface area contributed by atoms with Gasteiger partial charge in [0.2, 0.25) is 5.91 Å².